The van der Waals surface area contributed by atoms with Crippen LogP contribution in [0.5, 0.6) is 0 Å². The molecule has 6 nitrogen and oxygen atoms in total. The summed E-state index contributed by atoms with van der Waals surface area (Å²) in [4.78, 5) is 20.8. The molecule has 0 saturated carbocycles. The number of hydrogen-bond donors (Lipinski definition) is 2. The Bertz CT molecular complexity index is 591. The van der Waals surface area contributed by atoms with E-state index in [4.69, 9.17) is 0 Å². The van der Waals surface area contributed by atoms with E-state index in [1.807, 2.05) is 11.8 Å². The number of aryl methyl sites for hydroxylation is 1. The van der Waals surface area contributed by atoms with Gasteiger partial charge in [0, 0.05) is 26.2 Å². The zero-order valence-corrected chi connectivity index (χ0v) is 16.6. The van der Waals surface area contributed by atoms with Gasteiger partial charge in [-0.25, -0.2) is 4.99 Å². The fraction of sp³-hybridized carbons (Fsp3) is 0.600. The average molecular weight is 360 g/mol. The second kappa shape index (κ2) is 10.2. The van der Waals surface area contributed by atoms with Crippen molar-refractivity contribution in [1.82, 2.24) is 20.4 Å². The molecule has 0 spiro atoms. The Morgan fingerprint density at radius 3 is 2.42 bits per heavy atom. The van der Waals surface area contributed by atoms with E-state index in [1.165, 1.54) is 11.1 Å². The van der Waals surface area contributed by atoms with E-state index < -0.39 is 0 Å². The van der Waals surface area contributed by atoms with Crippen LogP contribution in [-0.4, -0.2) is 68.5 Å². The third kappa shape index (κ3) is 6.02. The van der Waals surface area contributed by atoms with Gasteiger partial charge in [0.1, 0.15) is 6.54 Å². The Morgan fingerprint density at radius 1 is 1.19 bits per heavy atom. The summed E-state index contributed by atoms with van der Waals surface area (Å²) in [6.45, 7) is 7.55. The highest BCUT2D eigenvalue weighted by atomic mass is 16.2. The molecule has 0 aliphatic carbocycles. The van der Waals surface area contributed by atoms with Crippen LogP contribution in [0.4, 0.5) is 0 Å². The van der Waals surface area contributed by atoms with Gasteiger partial charge in [0.2, 0.25) is 5.91 Å². The summed E-state index contributed by atoms with van der Waals surface area (Å²) >= 11 is 0. The van der Waals surface area contributed by atoms with Crippen LogP contribution in [0.15, 0.2) is 29.3 Å². The molecule has 144 valence electrons. The molecule has 2 N–H and O–H groups in total. The molecular formula is C20H33N5O. The molecule has 1 aromatic carbocycles. The van der Waals surface area contributed by atoms with Crippen molar-refractivity contribution >= 4 is 11.9 Å². The maximum Gasteiger partial charge on any atom is 0.244 e. The quantitative estimate of drug-likeness (QED) is 0.575. The fourth-order valence-electron chi connectivity index (χ4n) is 3.14. The first-order chi connectivity index (χ1) is 12.5. The number of carbonyl (C=O) groups excluding carboxylic acids is 1. The number of amides is 1. The van der Waals surface area contributed by atoms with E-state index in [9.17, 15) is 4.79 Å². The van der Waals surface area contributed by atoms with Gasteiger partial charge in [-0.05, 0) is 46.3 Å². The molecule has 0 aromatic heterocycles. The Hall–Kier alpha value is -2.08. The minimum absolute atomic E-state index is 0.113. The van der Waals surface area contributed by atoms with E-state index in [0.717, 1.165) is 39.0 Å². The summed E-state index contributed by atoms with van der Waals surface area (Å²) < 4.78 is 0. The molecule has 1 aromatic rings. The van der Waals surface area contributed by atoms with Gasteiger partial charge in [-0.3, -0.25) is 4.79 Å². The number of nitrogens with zero attached hydrogens (tertiary/aromatic N) is 3. The molecule has 1 unspecified atom stereocenters. The van der Waals surface area contributed by atoms with Gasteiger partial charge in [-0.2, -0.15) is 0 Å². The van der Waals surface area contributed by atoms with Gasteiger partial charge in [0.25, 0.3) is 0 Å². The molecule has 1 amide bonds. The molecule has 1 aliphatic heterocycles. The molecule has 1 heterocycles. The zero-order chi connectivity index (χ0) is 18.9. The van der Waals surface area contributed by atoms with Crippen LogP contribution in [0.2, 0.25) is 0 Å². The highest BCUT2D eigenvalue weighted by Gasteiger charge is 2.18. The van der Waals surface area contributed by atoms with Gasteiger partial charge in [0.15, 0.2) is 5.96 Å². The monoisotopic (exact) mass is 359 g/mol. The van der Waals surface area contributed by atoms with Crippen molar-refractivity contribution in [2.24, 2.45) is 4.99 Å². The average Bonchev–Trinajstić information content (AvgIpc) is 3.15. The Balaban J connectivity index is 1.97. The van der Waals surface area contributed by atoms with Crippen LogP contribution in [-0.2, 0) is 4.79 Å². The maximum absolute atomic E-state index is 12.2. The molecule has 6 heteroatoms. The van der Waals surface area contributed by atoms with Gasteiger partial charge < -0.3 is 20.4 Å². The van der Waals surface area contributed by atoms with Crippen molar-refractivity contribution in [3.05, 3.63) is 35.4 Å². The second-order valence-corrected chi connectivity index (χ2v) is 7.05. The lowest BCUT2D eigenvalue weighted by Crippen LogP contribution is -2.42. The number of nitrogens with one attached hydrogen (secondary N) is 2. The summed E-state index contributed by atoms with van der Waals surface area (Å²) in [6.07, 6.45) is 2.21. The summed E-state index contributed by atoms with van der Waals surface area (Å²) in [5.74, 6) is 0.807. The number of hydrogen-bond acceptors (Lipinski definition) is 3. The highest BCUT2D eigenvalue weighted by Crippen LogP contribution is 2.17. The smallest absolute Gasteiger partial charge is 0.244 e. The van der Waals surface area contributed by atoms with Crippen molar-refractivity contribution in [2.45, 2.75) is 32.7 Å². The maximum atomic E-state index is 12.2. The van der Waals surface area contributed by atoms with Crippen LogP contribution >= 0.6 is 0 Å². The van der Waals surface area contributed by atoms with E-state index in [-0.39, 0.29) is 18.5 Å². The summed E-state index contributed by atoms with van der Waals surface area (Å²) in [5, 5.41) is 6.62. The number of likely N-dealkylation sites (tertiary alicyclic amines) is 1. The lowest BCUT2D eigenvalue weighted by atomic mass is 10.0. The van der Waals surface area contributed by atoms with Crippen LogP contribution < -0.4 is 10.6 Å². The standard InChI is InChI=1S/C20H33N5O/c1-5-21-20(23-15-19(26)25-12-6-7-13-25)22-14-18(24(3)4)17-10-8-16(2)9-11-17/h8-11,18H,5-7,12-15H2,1-4H3,(H2,21,22,23). The van der Waals surface area contributed by atoms with Gasteiger partial charge in [-0.15, -0.1) is 0 Å². The molecule has 1 atom stereocenters. The third-order valence-corrected chi connectivity index (χ3v) is 4.72. The minimum Gasteiger partial charge on any atom is -0.357 e. The number of likely N-dealkylation sites (N-methyl/N-ethyl adjacent to an activating group) is 1. The predicted molar refractivity (Wildman–Crippen MR) is 107 cm³/mol. The predicted octanol–water partition coefficient (Wildman–Crippen LogP) is 1.78. The number of carbonyl (C=O) groups is 1. The van der Waals surface area contributed by atoms with Gasteiger partial charge in [0.05, 0.1) is 6.04 Å². The van der Waals surface area contributed by atoms with Crippen LogP contribution in [0.3, 0.4) is 0 Å². The number of benzene rings is 1. The summed E-state index contributed by atoms with van der Waals surface area (Å²) in [7, 11) is 4.15. The van der Waals surface area contributed by atoms with Crippen LogP contribution in [0.25, 0.3) is 0 Å². The lowest BCUT2D eigenvalue weighted by Gasteiger charge is -2.26. The Labute approximate surface area is 157 Å². The molecule has 0 radical (unpaired) electrons. The lowest BCUT2D eigenvalue weighted by molar-refractivity contribution is -0.128. The van der Waals surface area contributed by atoms with E-state index in [2.05, 4.69) is 65.8 Å². The fourth-order valence-corrected chi connectivity index (χ4v) is 3.14. The SMILES string of the molecule is CCNC(=NCC(=O)N1CCCC1)NCC(c1ccc(C)cc1)N(C)C. The highest BCUT2D eigenvalue weighted by molar-refractivity contribution is 5.85. The Kier molecular flexibility index (Phi) is 7.91. The second-order valence-electron chi connectivity index (χ2n) is 7.05. The number of guanidine groups is 1. The van der Waals surface area contributed by atoms with Crippen molar-refractivity contribution < 1.29 is 4.79 Å². The van der Waals surface area contributed by atoms with Crippen molar-refractivity contribution in [1.29, 1.82) is 0 Å². The van der Waals surface area contributed by atoms with Crippen LogP contribution in [0, 0.1) is 6.92 Å². The largest absolute Gasteiger partial charge is 0.357 e. The van der Waals surface area contributed by atoms with Crippen molar-refractivity contribution in [3.63, 3.8) is 0 Å². The molecule has 0 bridgehead atoms. The first kappa shape index (κ1) is 20.2. The third-order valence-electron chi connectivity index (χ3n) is 4.72. The normalized spacial score (nSPS) is 16.0. The molecule has 2 rings (SSSR count). The van der Waals surface area contributed by atoms with Gasteiger partial charge in [-0.1, -0.05) is 29.8 Å². The molecule has 1 fully saturated rings. The molecule has 26 heavy (non-hydrogen) atoms. The van der Waals surface area contributed by atoms with E-state index >= 15 is 0 Å². The first-order valence-corrected chi connectivity index (χ1v) is 9.54. The van der Waals surface area contributed by atoms with Crippen molar-refractivity contribution in [3.8, 4) is 0 Å². The van der Waals surface area contributed by atoms with Gasteiger partial charge >= 0.3 is 0 Å². The molecule has 1 saturated heterocycles. The molecule has 1 aliphatic rings. The minimum atomic E-state index is 0.113. The summed E-state index contributed by atoms with van der Waals surface area (Å²) in [6, 6.07) is 8.85. The van der Waals surface area contributed by atoms with Crippen molar-refractivity contribution in [2.75, 3.05) is 46.8 Å². The Morgan fingerprint density at radius 2 is 1.85 bits per heavy atom. The molecular weight excluding hydrogens is 326 g/mol. The number of rotatable bonds is 7. The van der Waals surface area contributed by atoms with E-state index in [0.29, 0.717) is 5.96 Å². The topological polar surface area (TPSA) is 60.0 Å². The first-order valence-electron chi connectivity index (χ1n) is 9.54. The van der Waals surface area contributed by atoms with E-state index in [1.54, 1.807) is 0 Å². The van der Waals surface area contributed by atoms with Crippen LogP contribution in [0.1, 0.15) is 36.9 Å². The zero-order valence-electron chi connectivity index (χ0n) is 16.6. The summed E-state index contributed by atoms with van der Waals surface area (Å²) in [5.41, 5.74) is 2.52. The number of aliphatic imine (C=N–C) groups is 1.